The maximum atomic E-state index is 12.1. The van der Waals surface area contributed by atoms with E-state index in [0.29, 0.717) is 19.8 Å². The first-order chi connectivity index (χ1) is 10.6. The second-order valence-corrected chi connectivity index (χ2v) is 6.43. The van der Waals surface area contributed by atoms with E-state index >= 15 is 0 Å². The number of hydrogen-bond acceptors (Lipinski definition) is 4. The van der Waals surface area contributed by atoms with Crippen LogP contribution in [0.2, 0.25) is 0 Å². The molecule has 1 aromatic carbocycles. The minimum atomic E-state index is -0.473. The Morgan fingerprint density at radius 1 is 1.45 bits per heavy atom. The maximum Gasteiger partial charge on any atom is 0.237 e. The number of benzene rings is 1. The van der Waals surface area contributed by atoms with E-state index in [-0.39, 0.29) is 17.9 Å². The van der Waals surface area contributed by atoms with Gasteiger partial charge in [-0.3, -0.25) is 4.79 Å². The summed E-state index contributed by atoms with van der Waals surface area (Å²) in [5.74, 6) is 0.848. The van der Waals surface area contributed by atoms with E-state index in [0.717, 1.165) is 23.1 Å². The molecule has 5 nitrogen and oxygen atoms in total. The van der Waals surface area contributed by atoms with Crippen molar-refractivity contribution in [2.24, 2.45) is 11.7 Å². The van der Waals surface area contributed by atoms with Crippen molar-refractivity contribution in [3.8, 4) is 5.75 Å². The summed E-state index contributed by atoms with van der Waals surface area (Å²) in [7, 11) is 0. The molecule has 2 rings (SSSR count). The number of nitrogens with two attached hydrogens (primary N) is 1. The van der Waals surface area contributed by atoms with Gasteiger partial charge in [-0.2, -0.15) is 0 Å². The smallest absolute Gasteiger partial charge is 0.237 e. The Morgan fingerprint density at radius 3 is 2.82 bits per heavy atom. The number of amides is 1. The van der Waals surface area contributed by atoms with Gasteiger partial charge in [0.2, 0.25) is 5.91 Å². The van der Waals surface area contributed by atoms with Crippen molar-refractivity contribution >= 4 is 21.8 Å². The highest BCUT2D eigenvalue weighted by atomic mass is 79.9. The Labute approximate surface area is 139 Å². The van der Waals surface area contributed by atoms with Crippen molar-refractivity contribution in [1.29, 1.82) is 0 Å². The zero-order valence-electron chi connectivity index (χ0n) is 12.8. The number of para-hydroxylation sites is 1. The van der Waals surface area contributed by atoms with Gasteiger partial charge in [-0.1, -0.05) is 12.1 Å². The SMILES string of the molecule is CC(CNC(=O)C(N)C1CCOCC1)Oc1ccccc1Br. The summed E-state index contributed by atoms with van der Waals surface area (Å²) in [6, 6.07) is 7.17. The average molecular weight is 371 g/mol. The van der Waals surface area contributed by atoms with E-state index < -0.39 is 6.04 Å². The molecule has 3 N–H and O–H groups in total. The Bertz CT molecular complexity index is 492. The van der Waals surface area contributed by atoms with Gasteiger partial charge in [0.15, 0.2) is 0 Å². The summed E-state index contributed by atoms with van der Waals surface area (Å²) in [5, 5.41) is 2.87. The summed E-state index contributed by atoms with van der Waals surface area (Å²) < 4.78 is 12.0. The van der Waals surface area contributed by atoms with Crippen LogP contribution >= 0.6 is 15.9 Å². The molecule has 1 fully saturated rings. The van der Waals surface area contributed by atoms with Crippen LogP contribution in [0.3, 0.4) is 0 Å². The van der Waals surface area contributed by atoms with Crippen LogP contribution in [0.15, 0.2) is 28.7 Å². The number of halogens is 1. The number of nitrogens with one attached hydrogen (secondary N) is 1. The minimum Gasteiger partial charge on any atom is -0.488 e. The second-order valence-electron chi connectivity index (χ2n) is 5.58. The third-order valence-corrected chi connectivity index (χ3v) is 4.46. The van der Waals surface area contributed by atoms with Crippen LogP contribution in [0.4, 0.5) is 0 Å². The van der Waals surface area contributed by atoms with Crippen LogP contribution in [0.5, 0.6) is 5.75 Å². The lowest BCUT2D eigenvalue weighted by Gasteiger charge is -2.27. The Morgan fingerprint density at radius 2 is 2.14 bits per heavy atom. The van der Waals surface area contributed by atoms with Crippen LogP contribution in [-0.2, 0) is 9.53 Å². The first-order valence-electron chi connectivity index (χ1n) is 7.60. The summed E-state index contributed by atoms with van der Waals surface area (Å²) in [6.45, 7) is 3.72. The number of carbonyl (C=O) groups excluding carboxylic acids is 1. The van der Waals surface area contributed by atoms with E-state index in [1.807, 2.05) is 31.2 Å². The third kappa shape index (κ3) is 4.97. The van der Waals surface area contributed by atoms with Crippen molar-refractivity contribution in [3.63, 3.8) is 0 Å². The number of ether oxygens (including phenoxy) is 2. The average Bonchev–Trinajstić information content (AvgIpc) is 2.55. The highest BCUT2D eigenvalue weighted by Crippen LogP contribution is 2.24. The van der Waals surface area contributed by atoms with Gasteiger partial charge in [0.25, 0.3) is 0 Å². The highest BCUT2D eigenvalue weighted by molar-refractivity contribution is 9.10. The van der Waals surface area contributed by atoms with E-state index in [1.54, 1.807) is 0 Å². The lowest BCUT2D eigenvalue weighted by Crippen LogP contribution is -2.48. The molecule has 2 atom stereocenters. The molecule has 1 saturated heterocycles. The first kappa shape index (κ1) is 17.2. The van der Waals surface area contributed by atoms with Crippen molar-refractivity contribution in [2.75, 3.05) is 19.8 Å². The number of rotatable bonds is 6. The van der Waals surface area contributed by atoms with Crippen LogP contribution in [0, 0.1) is 5.92 Å². The summed E-state index contributed by atoms with van der Waals surface area (Å²) in [4.78, 5) is 12.1. The van der Waals surface area contributed by atoms with Gasteiger partial charge in [-0.15, -0.1) is 0 Å². The van der Waals surface area contributed by atoms with Crippen molar-refractivity contribution < 1.29 is 14.3 Å². The maximum absolute atomic E-state index is 12.1. The zero-order chi connectivity index (χ0) is 15.9. The van der Waals surface area contributed by atoms with E-state index in [2.05, 4.69) is 21.2 Å². The zero-order valence-corrected chi connectivity index (χ0v) is 14.3. The van der Waals surface area contributed by atoms with Crippen LogP contribution in [-0.4, -0.2) is 37.8 Å². The first-order valence-corrected chi connectivity index (χ1v) is 8.39. The topological polar surface area (TPSA) is 73.6 Å². The predicted molar refractivity (Wildman–Crippen MR) is 88.8 cm³/mol. The molecule has 0 spiro atoms. The predicted octanol–water partition coefficient (Wildman–Crippen LogP) is 2.09. The van der Waals surface area contributed by atoms with Crippen molar-refractivity contribution in [1.82, 2.24) is 5.32 Å². The molecule has 0 bridgehead atoms. The second kappa shape index (κ2) is 8.50. The van der Waals surface area contributed by atoms with Crippen LogP contribution in [0.25, 0.3) is 0 Å². The van der Waals surface area contributed by atoms with E-state index in [1.165, 1.54) is 0 Å². The van der Waals surface area contributed by atoms with Gasteiger partial charge >= 0.3 is 0 Å². The molecule has 1 aromatic rings. The van der Waals surface area contributed by atoms with Gasteiger partial charge in [-0.05, 0) is 53.7 Å². The largest absolute Gasteiger partial charge is 0.488 e. The Balaban J connectivity index is 1.76. The van der Waals surface area contributed by atoms with Crippen LogP contribution < -0.4 is 15.8 Å². The lowest BCUT2D eigenvalue weighted by atomic mass is 9.92. The molecule has 122 valence electrons. The van der Waals surface area contributed by atoms with Gasteiger partial charge in [-0.25, -0.2) is 0 Å². The molecule has 1 amide bonds. The van der Waals surface area contributed by atoms with Crippen molar-refractivity contribution in [2.45, 2.75) is 31.9 Å². The third-order valence-electron chi connectivity index (χ3n) is 3.81. The van der Waals surface area contributed by atoms with Gasteiger partial charge in [0, 0.05) is 13.2 Å². The molecular formula is C16H23BrN2O3. The molecule has 0 saturated carbocycles. The molecular weight excluding hydrogens is 348 g/mol. The fourth-order valence-electron chi connectivity index (χ4n) is 2.45. The molecule has 2 unspecified atom stereocenters. The number of carbonyl (C=O) groups is 1. The molecule has 6 heteroatoms. The normalized spacial score (nSPS) is 18.5. The van der Waals surface area contributed by atoms with Gasteiger partial charge < -0.3 is 20.5 Å². The van der Waals surface area contributed by atoms with Gasteiger partial charge in [0.1, 0.15) is 11.9 Å². The van der Waals surface area contributed by atoms with E-state index in [4.69, 9.17) is 15.2 Å². The van der Waals surface area contributed by atoms with Crippen molar-refractivity contribution in [3.05, 3.63) is 28.7 Å². The fourth-order valence-corrected chi connectivity index (χ4v) is 2.83. The highest BCUT2D eigenvalue weighted by Gasteiger charge is 2.26. The summed E-state index contributed by atoms with van der Waals surface area (Å²) in [5.41, 5.74) is 6.04. The number of hydrogen-bond donors (Lipinski definition) is 2. The Hall–Kier alpha value is -1.11. The molecule has 0 aromatic heterocycles. The Kier molecular flexibility index (Phi) is 6.67. The molecule has 0 radical (unpaired) electrons. The molecule has 0 aliphatic carbocycles. The summed E-state index contributed by atoms with van der Waals surface area (Å²) >= 11 is 3.44. The monoisotopic (exact) mass is 370 g/mol. The minimum absolute atomic E-state index is 0.116. The molecule has 1 heterocycles. The van der Waals surface area contributed by atoms with Crippen LogP contribution in [0.1, 0.15) is 19.8 Å². The lowest BCUT2D eigenvalue weighted by molar-refractivity contribution is -0.124. The quantitative estimate of drug-likeness (QED) is 0.803. The molecule has 1 aliphatic rings. The standard InChI is InChI=1S/C16H23BrN2O3/c1-11(22-14-5-3-2-4-13(14)17)10-19-16(20)15(18)12-6-8-21-9-7-12/h2-5,11-12,15H,6-10,18H2,1H3,(H,19,20). The summed E-state index contributed by atoms with van der Waals surface area (Å²) in [6.07, 6.45) is 1.56. The van der Waals surface area contributed by atoms with Gasteiger partial charge in [0.05, 0.1) is 17.1 Å². The van der Waals surface area contributed by atoms with E-state index in [9.17, 15) is 4.79 Å². The fraction of sp³-hybridized carbons (Fsp3) is 0.562. The molecule has 22 heavy (non-hydrogen) atoms. The molecule has 1 aliphatic heterocycles.